The number of nitrogens with zero attached hydrogens (tertiary/aromatic N) is 1. The predicted octanol–water partition coefficient (Wildman–Crippen LogP) is -6.23. The van der Waals surface area contributed by atoms with Crippen LogP contribution in [-0.4, -0.2) is 5.09 Å². The minimum absolute atomic E-state index is 0. The van der Waals surface area contributed by atoms with Gasteiger partial charge in [0.05, 0.1) is 5.09 Å². The van der Waals surface area contributed by atoms with Crippen LogP contribution in [0.1, 0.15) is 0 Å². The van der Waals surface area contributed by atoms with E-state index >= 15 is 0 Å². The van der Waals surface area contributed by atoms with Gasteiger partial charge in [-0.05, 0) is 0 Å². The maximum absolute atomic E-state index is 8.25. The Labute approximate surface area is 84.0 Å². The van der Waals surface area contributed by atoms with Gasteiger partial charge in [-0.2, -0.15) is 0 Å². The molecule has 0 atom stereocenters. The molecule has 0 unspecified atom stereocenters. The monoisotopic (exact) mass is 227 g/mol. The third kappa shape index (κ3) is 131. The zero-order chi connectivity index (χ0) is 3.58. The van der Waals surface area contributed by atoms with Gasteiger partial charge in [-0.3, -0.25) is 0 Å². The van der Waals surface area contributed by atoms with Gasteiger partial charge in [0.2, 0.25) is 0 Å². The number of hydrogen-bond donors (Lipinski definition) is 0. The van der Waals surface area contributed by atoms with Gasteiger partial charge in [0, 0.05) is 0 Å². The molecule has 0 aliphatic heterocycles. The van der Waals surface area contributed by atoms with E-state index in [0.29, 0.717) is 0 Å². The van der Waals surface area contributed by atoms with Gasteiger partial charge in [0.15, 0.2) is 0 Å². The summed E-state index contributed by atoms with van der Waals surface area (Å²) in [5, 5.41) is 14.8. The van der Waals surface area contributed by atoms with Crippen LogP contribution in [0.25, 0.3) is 0 Å². The molecule has 0 rings (SSSR count). The first kappa shape index (κ1) is 24.0. The molecular weight excluding hydrogens is 228 g/mol. The molecule has 0 aromatic heterocycles. The fourth-order valence-electron chi connectivity index (χ4n) is 0. The third-order valence-corrected chi connectivity index (χ3v) is 0. The Morgan fingerprint density at radius 1 is 1.29 bits per heavy atom. The molecule has 0 bridgehead atoms. The van der Waals surface area contributed by atoms with E-state index in [1.807, 2.05) is 0 Å². The number of halogens is 1. The smallest absolute Gasteiger partial charge is 1.00 e. The van der Waals surface area contributed by atoms with Crippen molar-refractivity contribution in [3.63, 3.8) is 0 Å². The molecule has 0 spiro atoms. The van der Waals surface area contributed by atoms with Crippen molar-refractivity contribution in [2.24, 2.45) is 0 Å². The van der Waals surface area contributed by atoms with Gasteiger partial charge in [-0.25, -0.2) is 0 Å². The van der Waals surface area contributed by atoms with Gasteiger partial charge in [-0.15, -0.1) is 0 Å². The summed E-state index contributed by atoms with van der Waals surface area (Å²) in [5.41, 5.74) is 0. The Kier molecular flexibility index (Phi) is 53.9. The average molecular weight is 228 g/mol. The van der Waals surface area contributed by atoms with E-state index in [-0.39, 0.29) is 64.3 Å². The first-order valence-corrected chi connectivity index (χ1v) is 0.548. The summed E-state index contributed by atoms with van der Waals surface area (Å²) in [6.45, 7) is 0. The van der Waals surface area contributed by atoms with Crippen LogP contribution in [0.4, 0.5) is 0 Å². The van der Waals surface area contributed by atoms with E-state index < -0.39 is 5.09 Å². The molecule has 0 aliphatic carbocycles. The Morgan fingerprint density at radius 3 is 1.29 bits per heavy atom. The van der Waals surface area contributed by atoms with Crippen LogP contribution in [0.2, 0.25) is 0 Å². The quantitative estimate of drug-likeness (QED) is 0.235. The van der Waals surface area contributed by atoms with Crippen molar-refractivity contribution in [2.75, 3.05) is 0 Å². The van der Waals surface area contributed by atoms with E-state index in [4.69, 9.17) is 15.3 Å². The molecule has 4 nitrogen and oxygen atoms in total. The Hall–Kier alpha value is 1.23. The molecule has 0 saturated heterocycles. The second-order valence-corrected chi connectivity index (χ2v) is 0.224. The minimum Gasteiger partial charge on any atom is -1.00 e. The largest absolute Gasteiger partial charge is 1.00 e. The first-order valence-electron chi connectivity index (χ1n) is 0.548. The van der Waals surface area contributed by atoms with Crippen molar-refractivity contribution in [1.29, 1.82) is 0 Å². The Morgan fingerprint density at radius 2 is 1.29 bits per heavy atom. The van der Waals surface area contributed by atoms with Crippen LogP contribution in [0.3, 0.4) is 0 Å². The first-order chi connectivity index (χ1) is 1.73. The third-order valence-electron chi connectivity index (χ3n) is 0. The molecule has 0 amide bonds. The molecule has 0 fully saturated rings. The molecule has 0 N–H and O–H groups in total. The zero-order valence-corrected chi connectivity index (χ0v) is 7.59. The van der Waals surface area contributed by atoms with Crippen LogP contribution in [0.5, 0.6) is 0 Å². The van der Waals surface area contributed by atoms with Gasteiger partial charge in [0.1, 0.15) is 0 Å². The summed E-state index contributed by atoms with van der Waals surface area (Å²) < 4.78 is 0. The van der Waals surface area contributed by atoms with E-state index in [1.54, 1.807) is 0 Å². The summed E-state index contributed by atoms with van der Waals surface area (Å²) in [6, 6.07) is 0. The molecule has 0 aromatic rings. The summed E-state index contributed by atoms with van der Waals surface area (Å²) in [4.78, 5) is 8.25. The average Bonchev–Trinajstić information content (AvgIpc) is 0.811. The fraction of sp³-hybridized carbons (Fsp3) is 0. The molecule has 0 aliphatic rings. The van der Waals surface area contributed by atoms with Gasteiger partial charge < -0.3 is 27.7 Å². The van der Waals surface area contributed by atoms with Crippen LogP contribution in [0.15, 0.2) is 0 Å². The maximum atomic E-state index is 8.25. The van der Waals surface area contributed by atoms with Crippen molar-refractivity contribution in [2.45, 2.75) is 0 Å². The Bertz CT molecular complexity index is 37.9. The summed E-state index contributed by atoms with van der Waals surface area (Å²) in [7, 11) is 0. The van der Waals surface area contributed by atoms with Gasteiger partial charge in [0.25, 0.3) is 0 Å². The molecule has 0 heterocycles. The van der Waals surface area contributed by atoms with E-state index in [9.17, 15) is 0 Å². The molecular formula is AgClNNaO3. The molecule has 7 heteroatoms. The molecule has 42 valence electrons. The maximum Gasteiger partial charge on any atom is 1.00 e. The topological polar surface area (TPSA) is 66.2 Å². The van der Waals surface area contributed by atoms with Crippen molar-refractivity contribution in [3.8, 4) is 0 Å². The number of rotatable bonds is 0. The molecule has 0 aromatic carbocycles. The molecule has 0 saturated carbocycles. The minimum atomic E-state index is -1.75. The summed E-state index contributed by atoms with van der Waals surface area (Å²) >= 11 is 0. The summed E-state index contributed by atoms with van der Waals surface area (Å²) in [5.74, 6) is 0. The van der Waals surface area contributed by atoms with Crippen LogP contribution >= 0.6 is 0 Å². The van der Waals surface area contributed by atoms with Crippen LogP contribution in [-0.2, 0) is 22.4 Å². The van der Waals surface area contributed by atoms with Crippen molar-refractivity contribution in [3.05, 3.63) is 15.3 Å². The fourth-order valence-corrected chi connectivity index (χ4v) is 0. The van der Waals surface area contributed by atoms with Gasteiger partial charge >= 0.3 is 51.9 Å². The molecule has 7 heavy (non-hydrogen) atoms. The number of hydrogen-bond acceptors (Lipinski definition) is 3. The van der Waals surface area contributed by atoms with Gasteiger partial charge in [-0.1, -0.05) is 0 Å². The van der Waals surface area contributed by atoms with Crippen molar-refractivity contribution < 1.29 is 69.4 Å². The predicted molar refractivity (Wildman–Crippen MR) is 10.4 cm³/mol. The summed E-state index contributed by atoms with van der Waals surface area (Å²) in [6.07, 6.45) is 0. The molecule has 0 radical (unpaired) electrons. The van der Waals surface area contributed by atoms with Crippen LogP contribution in [0, 0.1) is 15.3 Å². The Balaban J connectivity index is -0.0000000150. The second-order valence-electron chi connectivity index (χ2n) is 0.224. The standard InChI is InChI=1S/Ag.ClH.NO3.Na/c;;2-1(3)4;/h;1H;;/q+1;;-1;+1/p-1. The van der Waals surface area contributed by atoms with Crippen molar-refractivity contribution >= 4 is 0 Å². The van der Waals surface area contributed by atoms with E-state index in [0.717, 1.165) is 0 Å². The second kappa shape index (κ2) is 15.7. The van der Waals surface area contributed by atoms with Crippen molar-refractivity contribution in [1.82, 2.24) is 0 Å². The SMILES string of the molecule is O=[N+]([O-])[O-].[Ag+].[Cl-].[Na+]. The zero-order valence-electron chi connectivity index (χ0n) is 3.35. The normalized spacial score (nSPS) is 3.43. The van der Waals surface area contributed by atoms with Crippen LogP contribution < -0.4 is 42.0 Å². The van der Waals surface area contributed by atoms with E-state index in [2.05, 4.69) is 0 Å². The van der Waals surface area contributed by atoms with E-state index in [1.165, 1.54) is 0 Å².